The summed E-state index contributed by atoms with van der Waals surface area (Å²) in [7, 11) is 1.57. The first-order valence-corrected chi connectivity index (χ1v) is 6.59. The van der Waals surface area contributed by atoms with E-state index in [1.807, 2.05) is 32.0 Å². The van der Waals surface area contributed by atoms with Crippen LogP contribution in [0, 0.1) is 13.8 Å². The van der Waals surface area contributed by atoms with Crippen LogP contribution in [0.5, 0.6) is 11.5 Å². The minimum absolute atomic E-state index is 0.0797. The smallest absolute Gasteiger partial charge is 0.262 e. The van der Waals surface area contributed by atoms with Crippen LogP contribution >= 0.6 is 0 Å². The fourth-order valence-electron chi connectivity index (χ4n) is 1.87. The van der Waals surface area contributed by atoms with Crippen LogP contribution < -0.4 is 14.8 Å². The molecule has 0 aliphatic heterocycles. The monoisotopic (exact) mass is 286 g/mol. The second-order valence-electron chi connectivity index (χ2n) is 4.63. The van der Waals surface area contributed by atoms with Crippen molar-refractivity contribution in [2.45, 2.75) is 13.8 Å². The minimum atomic E-state index is -0.248. The standard InChI is InChI=1S/C16H18N2O3/c1-11-6-7-15(20-3)13(9-11)18-16(19)10-21-14-5-4-8-17-12(14)2/h4-9H,10H2,1-3H3,(H,18,19). The molecule has 1 N–H and O–H groups in total. The molecule has 0 bridgehead atoms. The highest BCUT2D eigenvalue weighted by Crippen LogP contribution is 2.25. The number of aromatic nitrogens is 1. The molecule has 1 heterocycles. The summed E-state index contributed by atoms with van der Waals surface area (Å²) in [6.07, 6.45) is 1.68. The van der Waals surface area contributed by atoms with Gasteiger partial charge in [0.25, 0.3) is 5.91 Å². The van der Waals surface area contributed by atoms with Crippen molar-refractivity contribution >= 4 is 11.6 Å². The van der Waals surface area contributed by atoms with Crippen LogP contribution in [-0.4, -0.2) is 24.6 Å². The van der Waals surface area contributed by atoms with Gasteiger partial charge in [0, 0.05) is 6.20 Å². The second-order valence-corrected chi connectivity index (χ2v) is 4.63. The van der Waals surface area contributed by atoms with Crippen LogP contribution in [0.15, 0.2) is 36.5 Å². The van der Waals surface area contributed by atoms with E-state index < -0.39 is 0 Å². The van der Waals surface area contributed by atoms with E-state index in [9.17, 15) is 4.79 Å². The molecule has 0 atom stereocenters. The number of rotatable bonds is 5. The summed E-state index contributed by atoms with van der Waals surface area (Å²) in [6.45, 7) is 3.70. The van der Waals surface area contributed by atoms with Crippen LogP contribution in [0.2, 0.25) is 0 Å². The van der Waals surface area contributed by atoms with Gasteiger partial charge in [-0.05, 0) is 43.7 Å². The number of hydrogen-bond donors (Lipinski definition) is 1. The molecule has 0 radical (unpaired) electrons. The summed E-state index contributed by atoms with van der Waals surface area (Å²) in [5.41, 5.74) is 2.42. The van der Waals surface area contributed by atoms with Crippen molar-refractivity contribution in [3.63, 3.8) is 0 Å². The molecule has 5 nitrogen and oxygen atoms in total. The van der Waals surface area contributed by atoms with E-state index in [4.69, 9.17) is 9.47 Å². The molecule has 0 aliphatic carbocycles. The van der Waals surface area contributed by atoms with Gasteiger partial charge in [-0.2, -0.15) is 0 Å². The predicted molar refractivity (Wildman–Crippen MR) is 80.8 cm³/mol. The number of aryl methyl sites for hydroxylation is 2. The number of ether oxygens (including phenoxy) is 2. The molecular weight excluding hydrogens is 268 g/mol. The summed E-state index contributed by atoms with van der Waals surface area (Å²) in [4.78, 5) is 16.1. The van der Waals surface area contributed by atoms with Gasteiger partial charge in [0.1, 0.15) is 11.5 Å². The van der Waals surface area contributed by atoms with Crippen molar-refractivity contribution < 1.29 is 14.3 Å². The van der Waals surface area contributed by atoms with Crippen LogP contribution in [0.4, 0.5) is 5.69 Å². The SMILES string of the molecule is COc1ccc(C)cc1NC(=O)COc1cccnc1C. The third-order valence-corrected chi connectivity index (χ3v) is 2.95. The maximum Gasteiger partial charge on any atom is 0.262 e. The summed E-state index contributed by atoms with van der Waals surface area (Å²) >= 11 is 0. The number of hydrogen-bond acceptors (Lipinski definition) is 4. The molecule has 2 rings (SSSR count). The first kappa shape index (κ1) is 14.8. The topological polar surface area (TPSA) is 60.5 Å². The van der Waals surface area contributed by atoms with Gasteiger partial charge in [-0.25, -0.2) is 0 Å². The molecule has 0 saturated carbocycles. The molecule has 0 saturated heterocycles. The third kappa shape index (κ3) is 3.95. The molecule has 5 heteroatoms. The number of anilines is 1. The van der Waals surface area contributed by atoms with Crippen molar-refractivity contribution in [2.24, 2.45) is 0 Å². The third-order valence-electron chi connectivity index (χ3n) is 2.95. The maximum atomic E-state index is 12.0. The Morgan fingerprint density at radius 2 is 2.05 bits per heavy atom. The van der Waals surface area contributed by atoms with Crippen LogP contribution in [0.25, 0.3) is 0 Å². The number of methoxy groups -OCH3 is 1. The van der Waals surface area contributed by atoms with Gasteiger partial charge in [-0.15, -0.1) is 0 Å². The highest BCUT2D eigenvalue weighted by molar-refractivity contribution is 5.93. The van der Waals surface area contributed by atoms with Crippen LogP contribution in [0.1, 0.15) is 11.3 Å². The van der Waals surface area contributed by atoms with E-state index in [0.29, 0.717) is 17.2 Å². The zero-order valence-electron chi connectivity index (χ0n) is 12.3. The highest BCUT2D eigenvalue weighted by atomic mass is 16.5. The highest BCUT2D eigenvalue weighted by Gasteiger charge is 2.09. The van der Waals surface area contributed by atoms with E-state index in [0.717, 1.165) is 11.3 Å². The Kier molecular flexibility index (Phi) is 4.77. The van der Waals surface area contributed by atoms with Gasteiger partial charge >= 0.3 is 0 Å². The molecule has 0 unspecified atom stereocenters. The average molecular weight is 286 g/mol. The number of benzene rings is 1. The number of carbonyl (C=O) groups is 1. The molecule has 21 heavy (non-hydrogen) atoms. The lowest BCUT2D eigenvalue weighted by molar-refractivity contribution is -0.118. The van der Waals surface area contributed by atoms with Gasteiger partial charge in [0.05, 0.1) is 18.5 Å². The number of nitrogens with zero attached hydrogens (tertiary/aromatic N) is 1. The van der Waals surface area contributed by atoms with Gasteiger partial charge in [0.15, 0.2) is 6.61 Å². The molecule has 110 valence electrons. The predicted octanol–water partition coefficient (Wildman–Crippen LogP) is 2.72. The molecule has 1 aromatic carbocycles. The van der Waals surface area contributed by atoms with Gasteiger partial charge in [-0.3, -0.25) is 9.78 Å². The molecule has 0 aliphatic rings. The lowest BCUT2D eigenvalue weighted by atomic mass is 10.2. The van der Waals surface area contributed by atoms with Gasteiger partial charge in [-0.1, -0.05) is 6.07 Å². The lowest BCUT2D eigenvalue weighted by Crippen LogP contribution is -2.20. The molecule has 0 fully saturated rings. The van der Waals surface area contributed by atoms with E-state index in [1.165, 1.54) is 0 Å². The summed E-state index contributed by atoms with van der Waals surface area (Å²) in [5, 5.41) is 2.78. The van der Waals surface area contributed by atoms with Crippen molar-refractivity contribution in [1.82, 2.24) is 4.98 Å². The Labute approximate surface area is 123 Å². The van der Waals surface area contributed by atoms with Crippen LogP contribution in [0.3, 0.4) is 0 Å². The molecular formula is C16H18N2O3. The van der Waals surface area contributed by atoms with E-state index in [1.54, 1.807) is 25.4 Å². The molecule has 1 aromatic heterocycles. The quantitative estimate of drug-likeness (QED) is 0.918. The maximum absolute atomic E-state index is 12.0. The van der Waals surface area contributed by atoms with Crippen molar-refractivity contribution in [3.8, 4) is 11.5 Å². The van der Waals surface area contributed by atoms with Crippen molar-refractivity contribution in [3.05, 3.63) is 47.8 Å². The summed E-state index contributed by atoms with van der Waals surface area (Å²) in [5.74, 6) is 0.970. The Morgan fingerprint density at radius 3 is 2.76 bits per heavy atom. The second kappa shape index (κ2) is 6.74. The fourth-order valence-corrected chi connectivity index (χ4v) is 1.87. The Hall–Kier alpha value is -2.56. The number of pyridine rings is 1. The largest absolute Gasteiger partial charge is 0.495 e. The normalized spacial score (nSPS) is 10.0. The van der Waals surface area contributed by atoms with E-state index >= 15 is 0 Å². The van der Waals surface area contributed by atoms with Crippen LogP contribution in [-0.2, 0) is 4.79 Å². The first-order chi connectivity index (χ1) is 10.1. The number of amides is 1. The first-order valence-electron chi connectivity index (χ1n) is 6.59. The van der Waals surface area contributed by atoms with E-state index in [2.05, 4.69) is 10.3 Å². The zero-order chi connectivity index (χ0) is 15.2. The minimum Gasteiger partial charge on any atom is -0.495 e. The molecule has 0 spiro atoms. The molecule has 2 aromatic rings. The number of carbonyl (C=O) groups excluding carboxylic acids is 1. The Balaban J connectivity index is 1.99. The van der Waals surface area contributed by atoms with Crippen molar-refractivity contribution in [2.75, 3.05) is 19.0 Å². The average Bonchev–Trinajstić information content (AvgIpc) is 2.47. The fraction of sp³-hybridized carbons (Fsp3) is 0.250. The Morgan fingerprint density at radius 1 is 1.24 bits per heavy atom. The van der Waals surface area contributed by atoms with E-state index in [-0.39, 0.29) is 12.5 Å². The molecule has 1 amide bonds. The Bertz CT molecular complexity index is 641. The number of nitrogens with one attached hydrogen (secondary N) is 1. The van der Waals surface area contributed by atoms with Crippen molar-refractivity contribution in [1.29, 1.82) is 0 Å². The van der Waals surface area contributed by atoms with Gasteiger partial charge in [0.2, 0.25) is 0 Å². The lowest BCUT2D eigenvalue weighted by Gasteiger charge is -2.12. The zero-order valence-corrected chi connectivity index (χ0v) is 12.3. The summed E-state index contributed by atoms with van der Waals surface area (Å²) < 4.78 is 10.7. The summed E-state index contributed by atoms with van der Waals surface area (Å²) in [6, 6.07) is 9.14. The van der Waals surface area contributed by atoms with Gasteiger partial charge < -0.3 is 14.8 Å².